The van der Waals surface area contributed by atoms with Gasteiger partial charge in [-0.15, -0.1) is 0 Å². The minimum atomic E-state index is -0.157. The summed E-state index contributed by atoms with van der Waals surface area (Å²) in [6.45, 7) is 0.341. The Balaban J connectivity index is 1.73. The second kappa shape index (κ2) is 6.35. The molecule has 1 aliphatic carbocycles. The van der Waals surface area contributed by atoms with Gasteiger partial charge in [-0.05, 0) is 36.6 Å². The minimum absolute atomic E-state index is 0.157. The van der Waals surface area contributed by atoms with E-state index in [2.05, 4.69) is 5.10 Å². The molecule has 0 amide bonds. The molecule has 5 nitrogen and oxygen atoms in total. The Morgan fingerprint density at radius 1 is 1.04 bits per heavy atom. The van der Waals surface area contributed by atoms with Crippen LogP contribution in [0.5, 0.6) is 0 Å². The smallest absolute Gasteiger partial charge is 0.265 e. The van der Waals surface area contributed by atoms with Gasteiger partial charge in [0.1, 0.15) is 5.52 Å². The molecule has 2 aromatic heterocycles. The number of benzene rings is 2. The van der Waals surface area contributed by atoms with Crippen molar-refractivity contribution in [2.24, 2.45) is 0 Å². The van der Waals surface area contributed by atoms with E-state index >= 15 is 0 Å². The van der Waals surface area contributed by atoms with Gasteiger partial charge < -0.3 is 0 Å². The molecule has 0 spiro atoms. The molecular weight excluding hydrogens is 360 g/mol. The van der Waals surface area contributed by atoms with E-state index in [1.54, 1.807) is 10.9 Å². The Kier molecular flexibility index (Phi) is 3.83. The molecular formula is C21H17ClN4O. The Morgan fingerprint density at radius 2 is 1.78 bits per heavy atom. The van der Waals surface area contributed by atoms with Gasteiger partial charge in [0.25, 0.3) is 5.56 Å². The molecule has 27 heavy (non-hydrogen) atoms. The van der Waals surface area contributed by atoms with E-state index in [0.717, 1.165) is 35.2 Å². The molecule has 134 valence electrons. The Labute approximate surface area is 160 Å². The first-order valence-electron chi connectivity index (χ1n) is 9.00. The van der Waals surface area contributed by atoms with Crippen molar-refractivity contribution in [3.05, 3.63) is 87.4 Å². The van der Waals surface area contributed by atoms with Gasteiger partial charge in [-0.2, -0.15) is 10.2 Å². The Morgan fingerprint density at radius 3 is 2.52 bits per heavy atom. The van der Waals surface area contributed by atoms with Gasteiger partial charge in [0.2, 0.25) is 0 Å². The molecule has 0 radical (unpaired) electrons. The van der Waals surface area contributed by atoms with Crippen LogP contribution in [0.2, 0.25) is 5.02 Å². The van der Waals surface area contributed by atoms with Gasteiger partial charge in [-0.25, -0.2) is 9.36 Å². The summed E-state index contributed by atoms with van der Waals surface area (Å²) in [6, 6.07) is 17.3. The number of hydrogen-bond acceptors (Lipinski definition) is 3. The average Bonchev–Trinajstić information content (AvgIpc) is 3.44. The first-order valence-corrected chi connectivity index (χ1v) is 9.38. The predicted molar refractivity (Wildman–Crippen MR) is 106 cm³/mol. The number of fused-ring (bicyclic) bond motifs is 1. The maximum Gasteiger partial charge on any atom is 0.293 e. The maximum absolute atomic E-state index is 13.3. The lowest BCUT2D eigenvalue weighted by atomic mass is 10.2. The molecule has 0 atom stereocenters. The summed E-state index contributed by atoms with van der Waals surface area (Å²) >= 11 is 6.30. The second-order valence-electron chi connectivity index (χ2n) is 6.87. The molecule has 2 aromatic carbocycles. The van der Waals surface area contributed by atoms with Crippen LogP contribution in [0.4, 0.5) is 0 Å². The van der Waals surface area contributed by atoms with Crippen molar-refractivity contribution in [3.63, 3.8) is 0 Å². The SMILES string of the molecule is O=c1c2c(cnn2-c2ccccc2)c(C2CC2)nn1Cc1ccccc1Cl. The first kappa shape index (κ1) is 16.3. The molecule has 5 rings (SSSR count). The van der Waals surface area contributed by atoms with Gasteiger partial charge in [0, 0.05) is 16.3 Å². The fraction of sp³-hybridized carbons (Fsp3) is 0.190. The summed E-state index contributed by atoms with van der Waals surface area (Å²) in [5.74, 6) is 0.402. The van der Waals surface area contributed by atoms with Crippen LogP contribution in [-0.2, 0) is 6.54 Å². The molecule has 4 aromatic rings. The van der Waals surface area contributed by atoms with Crippen molar-refractivity contribution in [2.45, 2.75) is 25.3 Å². The largest absolute Gasteiger partial charge is 0.293 e. The molecule has 6 heteroatoms. The van der Waals surface area contributed by atoms with Crippen molar-refractivity contribution in [1.29, 1.82) is 0 Å². The van der Waals surface area contributed by atoms with Crippen molar-refractivity contribution in [3.8, 4) is 5.69 Å². The standard InChI is InChI=1S/C21H17ClN4O/c22-18-9-5-4-6-15(18)13-25-21(27)20-17(19(24-25)14-10-11-14)12-23-26(20)16-7-2-1-3-8-16/h1-9,12,14H,10-11,13H2. The van der Waals surface area contributed by atoms with E-state index in [1.807, 2.05) is 54.6 Å². The van der Waals surface area contributed by atoms with Gasteiger partial charge in [0.15, 0.2) is 0 Å². The average molecular weight is 377 g/mol. The lowest BCUT2D eigenvalue weighted by Gasteiger charge is -2.11. The topological polar surface area (TPSA) is 52.7 Å². The molecule has 1 saturated carbocycles. The molecule has 0 saturated heterocycles. The fourth-order valence-electron chi connectivity index (χ4n) is 3.41. The van der Waals surface area contributed by atoms with Crippen molar-refractivity contribution < 1.29 is 0 Å². The number of aromatic nitrogens is 4. The number of rotatable bonds is 4. The summed E-state index contributed by atoms with van der Waals surface area (Å²) < 4.78 is 3.24. The van der Waals surface area contributed by atoms with Gasteiger partial charge in [-0.1, -0.05) is 48.0 Å². The van der Waals surface area contributed by atoms with E-state index in [0.29, 0.717) is 23.0 Å². The Bertz CT molecular complexity index is 1190. The van der Waals surface area contributed by atoms with Crippen LogP contribution < -0.4 is 5.56 Å². The van der Waals surface area contributed by atoms with Gasteiger partial charge >= 0.3 is 0 Å². The molecule has 2 heterocycles. The van der Waals surface area contributed by atoms with Crippen LogP contribution in [0.1, 0.15) is 30.0 Å². The summed E-state index contributed by atoms with van der Waals surface area (Å²) in [4.78, 5) is 13.3. The van der Waals surface area contributed by atoms with Crippen LogP contribution in [0, 0.1) is 0 Å². The molecule has 0 bridgehead atoms. The molecule has 0 N–H and O–H groups in total. The van der Waals surface area contributed by atoms with Crippen LogP contribution in [0.25, 0.3) is 16.6 Å². The maximum atomic E-state index is 13.3. The number of hydrogen-bond donors (Lipinski definition) is 0. The monoisotopic (exact) mass is 376 g/mol. The third kappa shape index (κ3) is 2.84. The van der Waals surface area contributed by atoms with E-state index < -0.39 is 0 Å². The van der Waals surface area contributed by atoms with Crippen LogP contribution in [-0.4, -0.2) is 19.6 Å². The van der Waals surface area contributed by atoms with E-state index in [9.17, 15) is 4.79 Å². The van der Waals surface area contributed by atoms with E-state index in [-0.39, 0.29) is 5.56 Å². The zero-order valence-electron chi connectivity index (χ0n) is 14.5. The summed E-state index contributed by atoms with van der Waals surface area (Å²) in [5.41, 5.74) is 3.11. The number of halogens is 1. The molecule has 0 unspecified atom stereocenters. The van der Waals surface area contributed by atoms with Crippen molar-refractivity contribution in [1.82, 2.24) is 19.6 Å². The van der Waals surface area contributed by atoms with Gasteiger partial charge in [0.05, 0.1) is 24.1 Å². The number of para-hydroxylation sites is 1. The van der Waals surface area contributed by atoms with Crippen molar-refractivity contribution >= 4 is 22.5 Å². The molecule has 1 fully saturated rings. The van der Waals surface area contributed by atoms with Crippen LogP contribution in [0.3, 0.4) is 0 Å². The zero-order chi connectivity index (χ0) is 18.4. The quantitative estimate of drug-likeness (QED) is 0.537. The van der Waals surface area contributed by atoms with Gasteiger partial charge in [-0.3, -0.25) is 4.79 Å². The predicted octanol–water partition coefficient (Wildman–Crippen LogP) is 4.16. The zero-order valence-corrected chi connectivity index (χ0v) is 15.3. The summed E-state index contributed by atoms with van der Waals surface area (Å²) in [7, 11) is 0. The van der Waals surface area contributed by atoms with E-state index in [4.69, 9.17) is 16.7 Å². The third-order valence-corrected chi connectivity index (χ3v) is 5.32. The highest BCUT2D eigenvalue weighted by Crippen LogP contribution is 2.41. The summed E-state index contributed by atoms with van der Waals surface area (Å²) in [5, 5.41) is 10.7. The summed E-state index contributed by atoms with van der Waals surface area (Å²) in [6.07, 6.45) is 3.97. The normalized spacial score (nSPS) is 14.0. The highest BCUT2D eigenvalue weighted by Gasteiger charge is 2.30. The lowest BCUT2D eigenvalue weighted by Crippen LogP contribution is -2.26. The lowest BCUT2D eigenvalue weighted by molar-refractivity contribution is 0.626. The second-order valence-corrected chi connectivity index (χ2v) is 7.28. The Hall–Kier alpha value is -2.92. The van der Waals surface area contributed by atoms with Crippen molar-refractivity contribution in [2.75, 3.05) is 0 Å². The third-order valence-electron chi connectivity index (χ3n) is 4.95. The van der Waals surface area contributed by atoms with Crippen LogP contribution in [0.15, 0.2) is 65.6 Å². The first-order chi connectivity index (χ1) is 13.2. The molecule has 1 aliphatic rings. The molecule has 0 aliphatic heterocycles. The minimum Gasteiger partial charge on any atom is -0.265 e. The van der Waals surface area contributed by atoms with Crippen LogP contribution >= 0.6 is 11.6 Å². The van der Waals surface area contributed by atoms with E-state index in [1.165, 1.54) is 4.68 Å². The highest BCUT2D eigenvalue weighted by molar-refractivity contribution is 6.31. The fourth-order valence-corrected chi connectivity index (χ4v) is 3.61. The number of nitrogens with zero attached hydrogens (tertiary/aromatic N) is 4. The highest BCUT2D eigenvalue weighted by atomic mass is 35.5.